The molecule has 0 saturated heterocycles. The molecule has 24 heavy (non-hydrogen) atoms. The van der Waals surface area contributed by atoms with Crippen molar-refractivity contribution in [1.82, 2.24) is 20.1 Å². The van der Waals surface area contributed by atoms with Gasteiger partial charge in [0.1, 0.15) is 11.4 Å². The minimum Gasteiger partial charge on any atom is -0.349 e. The van der Waals surface area contributed by atoms with Crippen LogP contribution in [0.3, 0.4) is 0 Å². The van der Waals surface area contributed by atoms with Crippen LogP contribution in [-0.2, 0) is 7.05 Å². The Morgan fingerprint density at radius 2 is 2.12 bits per heavy atom. The first kappa shape index (κ1) is 17.8. The topological polar surface area (TPSA) is 62.7 Å². The van der Waals surface area contributed by atoms with Gasteiger partial charge in [-0.15, -0.1) is 0 Å². The molecule has 0 atom stereocenters. The molecule has 0 aliphatic rings. The van der Waals surface area contributed by atoms with E-state index in [1.807, 2.05) is 29.9 Å². The number of allylic oxidation sites excluding steroid dienone is 3. The molecule has 0 unspecified atom stereocenters. The summed E-state index contributed by atoms with van der Waals surface area (Å²) in [5.41, 5.74) is 4.83. The molecule has 0 saturated carbocycles. The van der Waals surface area contributed by atoms with Gasteiger partial charge in [-0.3, -0.25) is 9.89 Å². The van der Waals surface area contributed by atoms with Gasteiger partial charge in [0, 0.05) is 19.8 Å². The summed E-state index contributed by atoms with van der Waals surface area (Å²) in [6.07, 6.45) is 8.30. The molecular weight excluding hydrogens is 300 g/mol. The van der Waals surface area contributed by atoms with Crippen LogP contribution in [0, 0.1) is 0 Å². The summed E-state index contributed by atoms with van der Waals surface area (Å²) in [5.74, 6) is -0.142. The van der Waals surface area contributed by atoms with Crippen LogP contribution in [0.4, 0.5) is 0 Å². The average Bonchev–Trinajstić information content (AvgIpc) is 3.15. The largest absolute Gasteiger partial charge is 0.349 e. The average molecular weight is 326 g/mol. The molecule has 2 heterocycles. The van der Waals surface area contributed by atoms with Crippen molar-refractivity contribution in [2.45, 2.75) is 33.6 Å². The van der Waals surface area contributed by atoms with Crippen LogP contribution in [0.25, 0.3) is 11.4 Å². The molecule has 0 aliphatic carbocycles. The van der Waals surface area contributed by atoms with E-state index in [1.54, 1.807) is 6.07 Å². The third-order valence-corrected chi connectivity index (χ3v) is 3.83. The molecule has 2 N–H and O–H groups in total. The van der Waals surface area contributed by atoms with Gasteiger partial charge >= 0.3 is 0 Å². The summed E-state index contributed by atoms with van der Waals surface area (Å²) in [4.78, 5) is 12.2. The van der Waals surface area contributed by atoms with Crippen LogP contribution < -0.4 is 5.32 Å². The lowest BCUT2D eigenvalue weighted by Gasteiger charge is -2.02. The number of rotatable bonds is 7. The second kappa shape index (κ2) is 8.34. The fourth-order valence-corrected chi connectivity index (χ4v) is 2.40. The van der Waals surface area contributed by atoms with Crippen LogP contribution in [0.5, 0.6) is 0 Å². The second-order valence-electron chi connectivity index (χ2n) is 6.25. The summed E-state index contributed by atoms with van der Waals surface area (Å²) < 4.78 is 1.97. The SMILES string of the molecule is CC(C)=CCC/C(C)=C/CNC(=O)c1cc(-c2cccn2C)n[nH]1. The van der Waals surface area contributed by atoms with E-state index in [1.165, 1.54) is 11.1 Å². The number of hydrogen-bond acceptors (Lipinski definition) is 2. The Balaban J connectivity index is 1.86. The smallest absolute Gasteiger partial charge is 0.269 e. The number of hydrogen-bond donors (Lipinski definition) is 2. The lowest BCUT2D eigenvalue weighted by molar-refractivity contribution is 0.0953. The van der Waals surface area contributed by atoms with E-state index < -0.39 is 0 Å². The van der Waals surface area contributed by atoms with Crippen molar-refractivity contribution < 1.29 is 4.79 Å². The molecule has 5 heteroatoms. The van der Waals surface area contributed by atoms with Crippen molar-refractivity contribution in [2.75, 3.05) is 6.54 Å². The predicted octanol–water partition coefficient (Wildman–Crippen LogP) is 3.84. The van der Waals surface area contributed by atoms with Gasteiger partial charge in [0.25, 0.3) is 5.91 Å². The third kappa shape index (κ3) is 4.98. The Hall–Kier alpha value is -2.56. The van der Waals surface area contributed by atoms with E-state index in [2.05, 4.69) is 48.4 Å². The summed E-state index contributed by atoms with van der Waals surface area (Å²) in [6.45, 7) is 6.83. The van der Waals surface area contributed by atoms with Gasteiger partial charge < -0.3 is 9.88 Å². The molecule has 128 valence electrons. The highest BCUT2D eigenvalue weighted by atomic mass is 16.1. The zero-order chi connectivity index (χ0) is 17.5. The Labute approximate surface area is 143 Å². The maximum Gasteiger partial charge on any atom is 0.269 e. The van der Waals surface area contributed by atoms with Crippen molar-refractivity contribution in [3.05, 3.63) is 53.4 Å². The first-order chi connectivity index (χ1) is 11.5. The third-order valence-electron chi connectivity index (χ3n) is 3.83. The molecule has 0 aromatic carbocycles. The molecular formula is C19H26N4O. The standard InChI is InChI=1S/C19H26N4O/c1-14(2)7-5-8-15(3)10-11-20-19(24)17-13-16(21-22-17)18-9-6-12-23(18)4/h6-7,9-10,12-13H,5,8,11H2,1-4H3,(H,20,24)(H,21,22)/b15-10+. The van der Waals surface area contributed by atoms with Crippen LogP contribution in [0.1, 0.15) is 44.1 Å². The molecule has 0 aliphatic heterocycles. The van der Waals surface area contributed by atoms with Crippen LogP contribution in [0.2, 0.25) is 0 Å². The van der Waals surface area contributed by atoms with Gasteiger partial charge in [0.15, 0.2) is 0 Å². The summed E-state index contributed by atoms with van der Waals surface area (Å²) in [7, 11) is 1.95. The normalized spacial score (nSPS) is 11.4. The first-order valence-electron chi connectivity index (χ1n) is 8.21. The van der Waals surface area contributed by atoms with Gasteiger partial charge in [0.2, 0.25) is 0 Å². The van der Waals surface area contributed by atoms with Gasteiger partial charge in [-0.1, -0.05) is 23.3 Å². The molecule has 2 aromatic heterocycles. The van der Waals surface area contributed by atoms with Crippen molar-refractivity contribution in [2.24, 2.45) is 7.05 Å². The van der Waals surface area contributed by atoms with Gasteiger partial charge in [0.05, 0.1) is 5.69 Å². The molecule has 1 amide bonds. The van der Waals surface area contributed by atoms with Crippen LogP contribution >= 0.6 is 0 Å². The predicted molar refractivity (Wildman–Crippen MR) is 97.7 cm³/mol. The van der Waals surface area contributed by atoms with Crippen LogP contribution in [-0.4, -0.2) is 27.2 Å². The van der Waals surface area contributed by atoms with Gasteiger partial charge in [-0.05, 0) is 51.8 Å². The quantitative estimate of drug-likeness (QED) is 0.759. The second-order valence-corrected chi connectivity index (χ2v) is 6.25. The molecule has 0 spiro atoms. The first-order valence-corrected chi connectivity index (χ1v) is 8.21. The van der Waals surface area contributed by atoms with Crippen molar-refractivity contribution >= 4 is 5.91 Å². The summed E-state index contributed by atoms with van der Waals surface area (Å²) >= 11 is 0. The number of amides is 1. The summed E-state index contributed by atoms with van der Waals surface area (Å²) in [5, 5.41) is 9.91. The van der Waals surface area contributed by atoms with Gasteiger partial charge in [-0.25, -0.2) is 0 Å². The Morgan fingerprint density at radius 3 is 2.79 bits per heavy atom. The van der Waals surface area contributed by atoms with E-state index in [-0.39, 0.29) is 5.91 Å². The molecule has 5 nitrogen and oxygen atoms in total. The number of nitrogens with zero attached hydrogens (tertiary/aromatic N) is 2. The van der Waals surface area contributed by atoms with Crippen molar-refractivity contribution in [1.29, 1.82) is 0 Å². The zero-order valence-corrected chi connectivity index (χ0v) is 14.9. The van der Waals surface area contributed by atoms with E-state index >= 15 is 0 Å². The van der Waals surface area contributed by atoms with Crippen LogP contribution in [0.15, 0.2) is 47.7 Å². The number of aryl methyl sites for hydroxylation is 1. The Morgan fingerprint density at radius 1 is 1.33 bits per heavy atom. The maximum atomic E-state index is 12.2. The van der Waals surface area contributed by atoms with Gasteiger partial charge in [-0.2, -0.15) is 5.10 Å². The number of aromatic amines is 1. The number of aromatic nitrogens is 3. The van der Waals surface area contributed by atoms with E-state index in [4.69, 9.17) is 0 Å². The van der Waals surface area contributed by atoms with Crippen molar-refractivity contribution in [3.8, 4) is 11.4 Å². The van der Waals surface area contributed by atoms with E-state index in [9.17, 15) is 4.79 Å². The maximum absolute atomic E-state index is 12.2. The fraction of sp³-hybridized carbons (Fsp3) is 0.368. The lowest BCUT2D eigenvalue weighted by atomic mass is 10.1. The molecule has 2 rings (SSSR count). The molecule has 0 radical (unpaired) electrons. The highest BCUT2D eigenvalue weighted by Crippen LogP contribution is 2.17. The fourth-order valence-electron chi connectivity index (χ4n) is 2.40. The minimum atomic E-state index is -0.142. The lowest BCUT2D eigenvalue weighted by Crippen LogP contribution is -2.23. The molecule has 2 aromatic rings. The number of nitrogens with one attached hydrogen (secondary N) is 2. The Bertz CT molecular complexity index is 745. The molecule has 0 bridgehead atoms. The highest BCUT2D eigenvalue weighted by molar-refractivity contribution is 5.93. The summed E-state index contributed by atoms with van der Waals surface area (Å²) in [6, 6.07) is 5.69. The van der Waals surface area contributed by atoms with Crippen molar-refractivity contribution in [3.63, 3.8) is 0 Å². The minimum absolute atomic E-state index is 0.142. The number of carbonyl (C=O) groups is 1. The number of carbonyl (C=O) groups excluding carboxylic acids is 1. The zero-order valence-electron chi connectivity index (χ0n) is 14.9. The Kier molecular flexibility index (Phi) is 6.18. The highest BCUT2D eigenvalue weighted by Gasteiger charge is 2.11. The number of H-pyrrole nitrogens is 1. The van der Waals surface area contributed by atoms with E-state index in [0.717, 1.165) is 24.2 Å². The molecule has 0 fully saturated rings. The van der Waals surface area contributed by atoms with E-state index in [0.29, 0.717) is 12.2 Å². The monoisotopic (exact) mass is 326 g/mol.